The van der Waals surface area contributed by atoms with Crippen molar-refractivity contribution in [2.24, 2.45) is 4.99 Å². The van der Waals surface area contributed by atoms with Crippen molar-refractivity contribution in [1.29, 1.82) is 0 Å². The lowest BCUT2D eigenvalue weighted by Gasteiger charge is -2.33. The number of halogens is 1. The van der Waals surface area contributed by atoms with Gasteiger partial charge in [-0.3, -0.25) is 14.9 Å². The normalized spacial score (nSPS) is 17.1. The van der Waals surface area contributed by atoms with Gasteiger partial charge in [-0.2, -0.15) is 0 Å². The SMILES string of the molecule is CN=C(NCc1ncccc1F)NCC(c1ccco1)N1CCCCC1. The van der Waals surface area contributed by atoms with E-state index in [1.807, 2.05) is 12.1 Å². The molecule has 2 aromatic heterocycles. The lowest BCUT2D eigenvalue weighted by atomic mass is 10.1. The van der Waals surface area contributed by atoms with E-state index in [2.05, 4.69) is 25.5 Å². The second kappa shape index (κ2) is 9.33. The lowest BCUT2D eigenvalue weighted by molar-refractivity contribution is 0.146. The van der Waals surface area contributed by atoms with Crippen LogP contribution in [-0.2, 0) is 6.54 Å². The van der Waals surface area contributed by atoms with Crippen molar-refractivity contribution >= 4 is 5.96 Å². The molecule has 0 radical (unpaired) electrons. The quantitative estimate of drug-likeness (QED) is 0.613. The Hall–Kier alpha value is -2.41. The van der Waals surface area contributed by atoms with Crippen LogP contribution in [0, 0.1) is 5.82 Å². The number of hydrogen-bond acceptors (Lipinski definition) is 4. The van der Waals surface area contributed by atoms with E-state index in [0.717, 1.165) is 18.8 Å². The summed E-state index contributed by atoms with van der Waals surface area (Å²) in [6, 6.07) is 7.07. The minimum atomic E-state index is -0.322. The van der Waals surface area contributed by atoms with E-state index in [1.165, 1.54) is 25.3 Å². The number of aliphatic imine (C=N–C) groups is 1. The monoisotopic (exact) mass is 359 g/mol. The van der Waals surface area contributed by atoms with Crippen molar-refractivity contribution in [3.8, 4) is 0 Å². The lowest BCUT2D eigenvalue weighted by Crippen LogP contribution is -2.44. The Morgan fingerprint density at radius 1 is 1.27 bits per heavy atom. The van der Waals surface area contributed by atoms with E-state index >= 15 is 0 Å². The van der Waals surface area contributed by atoms with Crippen LogP contribution in [0.5, 0.6) is 0 Å². The largest absolute Gasteiger partial charge is 0.468 e. The molecule has 7 heteroatoms. The summed E-state index contributed by atoms with van der Waals surface area (Å²) in [5.74, 6) is 1.24. The number of pyridine rings is 1. The molecule has 2 N–H and O–H groups in total. The molecule has 1 aliphatic heterocycles. The highest BCUT2D eigenvalue weighted by molar-refractivity contribution is 5.79. The predicted molar refractivity (Wildman–Crippen MR) is 99.3 cm³/mol. The van der Waals surface area contributed by atoms with Crippen LogP contribution in [0.25, 0.3) is 0 Å². The van der Waals surface area contributed by atoms with Gasteiger partial charge in [0.15, 0.2) is 5.96 Å². The maximum absolute atomic E-state index is 13.7. The van der Waals surface area contributed by atoms with Gasteiger partial charge in [-0.25, -0.2) is 4.39 Å². The number of likely N-dealkylation sites (tertiary alicyclic amines) is 1. The van der Waals surface area contributed by atoms with Crippen LogP contribution >= 0.6 is 0 Å². The first-order valence-electron chi connectivity index (χ1n) is 9.09. The zero-order chi connectivity index (χ0) is 18.2. The van der Waals surface area contributed by atoms with Crippen LogP contribution in [0.1, 0.15) is 36.8 Å². The summed E-state index contributed by atoms with van der Waals surface area (Å²) in [4.78, 5) is 10.7. The second-order valence-corrected chi connectivity index (χ2v) is 6.37. The third-order valence-corrected chi connectivity index (χ3v) is 4.65. The highest BCUT2D eigenvalue weighted by Crippen LogP contribution is 2.24. The molecule has 3 heterocycles. The number of nitrogens with one attached hydrogen (secondary N) is 2. The van der Waals surface area contributed by atoms with Crippen molar-refractivity contribution in [3.05, 3.63) is 54.0 Å². The molecule has 0 saturated carbocycles. The molecule has 0 bridgehead atoms. The van der Waals surface area contributed by atoms with Gasteiger partial charge >= 0.3 is 0 Å². The first-order chi connectivity index (χ1) is 12.8. The van der Waals surface area contributed by atoms with Crippen LogP contribution in [0.2, 0.25) is 0 Å². The van der Waals surface area contributed by atoms with Gasteiger partial charge in [-0.15, -0.1) is 0 Å². The van der Waals surface area contributed by atoms with Gasteiger partial charge in [-0.05, 0) is 50.2 Å². The number of furan rings is 1. The third-order valence-electron chi connectivity index (χ3n) is 4.65. The Balaban J connectivity index is 1.59. The zero-order valence-corrected chi connectivity index (χ0v) is 15.1. The van der Waals surface area contributed by atoms with Crippen molar-refractivity contribution in [3.63, 3.8) is 0 Å². The number of hydrogen-bond donors (Lipinski definition) is 2. The first kappa shape index (κ1) is 18.4. The topological polar surface area (TPSA) is 65.7 Å². The Labute approximate surface area is 153 Å². The summed E-state index contributed by atoms with van der Waals surface area (Å²) in [5, 5.41) is 6.45. The standard InChI is InChI=1S/C19H26FN5O/c1-21-19(23-13-16-15(20)7-5-9-22-16)24-14-17(18-8-6-12-26-18)25-10-3-2-4-11-25/h5-9,12,17H,2-4,10-11,13-14H2,1H3,(H2,21,23,24). The zero-order valence-electron chi connectivity index (χ0n) is 15.1. The maximum atomic E-state index is 13.7. The molecular formula is C19H26FN5O. The number of aromatic nitrogens is 1. The van der Waals surface area contributed by atoms with E-state index in [0.29, 0.717) is 18.2 Å². The smallest absolute Gasteiger partial charge is 0.191 e. The summed E-state index contributed by atoms with van der Waals surface area (Å²) < 4.78 is 19.4. The van der Waals surface area contributed by atoms with Crippen molar-refractivity contribution < 1.29 is 8.81 Å². The number of nitrogens with zero attached hydrogens (tertiary/aromatic N) is 3. The maximum Gasteiger partial charge on any atom is 0.191 e. The van der Waals surface area contributed by atoms with Gasteiger partial charge in [-0.1, -0.05) is 6.42 Å². The molecule has 6 nitrogen and oxygen atoms in total. The highest BCUT2D eigenvalue weighted by atomic mass is 19.1. The fourth-order valence-electron chi connectivity index (χ4n) is 3.25. The molecule has 1 aliphatic rings. The molecule has 140 valence electrons. The van der Waals surface area contributed by atoms with Crippen molar-refractivity contribution in [2.45, 2.75) is 31.8 Å². The van der Waals surface area contributed by atoms with Gasteiger partial charge in [0, 0.05) is 19.8 Å². The van der Waals surface area contributed by atoms with Gasteiger partial charge < -0.3 is 15.1 Å². The average Bonchev–Trinajstić information content (AvgIpc) is 3.21. The summed E-state index contributed by atoms with van der Waals surface area (Å²) in [7, 11) is 1.70. The van der Waals surface area contributed by atoms with E-state index in [9.17, 15) is 4.39 Å². The average molecular weight is 359 g/mol. The predicted octanol–water partition coefficient (Wildman–Crippen LogP) is 2.71. The van der Waals surface area contributed by atoms with Crippen LogP contribution in [0.3, 0.4) is 0 Å². The molecule has 0 spiro atoms. The van der Waals surface area contributed by atoms with Gasteiger partial charge in [0.25, 0.3) is 0 Å². The molecule has 1 atom stereocenters. The summed E-state index contributed by atoms with van der Waals surface area (Å²) in [5.41, 5.74) is 0.370. The summed E-state index contributed by atoms with van der Waals surface area (Å²) in [6.45, 7) is 3.08. The molecular weight excluding hydrogens is 333 g/mol. The third kappa shape index (κ3) is 4.82. The Morgan fingerprint density at radius 2 is 2.12 bits per heavy atom. The van der Waals surface area contributed by atoms with E-state index in [-0.39, 0.29) is 18.4 Å². The molecule has 26 heavy (non-hydrogen) atoms. The van der Waals surface area contributed by atoms with E-state index in [1.54, 1.807) is 25.6 Å². The molecule has 0 aliphatic carbocycles. The number of guanidine groups is 1. The van der Waals surface area contributed by atoms with Gasteiger partial charge in [0.2, 0.25) is 0 Å². The van der Waals surface area contributed by atoms with Crippen LogP contribution in [-0.4, -0.2) is 42.5 Å². The Morgan fingerprint density at radius 3 is 2.81 bits per heavy atom. The minimum absolute atomic E-state index is 0.149. The van der Waals surface area contributed by atoms with Crippen molar-refractivity contribution in [1.82, 2.24) is 20.5 Å². The second-order valence-electron chi connectivity index (χ2n) is 6.37. The summed E-state index contributed by atoms with van der Waals surface area (Å²) in [6.07, 6.45) is 7.00. The fraction of sp³-hybridized carbons (Fsp3) is 0.474. The van der Waals surface area contributed by atoms with E-state index in [4.69, 9.17) is 4.42 Å². The molecule has 2 aromatic rings. The van der Waals surface area contributed by atoms with Crippen LogP contribution < -0.4 is 10.6 Å². The first-order valence-corrected chi connectivity index (χ1v) is 9.09. The highest BCUT2D eigenvalue weighted by Gasteiger charge is 2.24. The number of piperidine rings is 1. The van der Waals surface area contributed by atoms with E-state index < -0.39 is 0 Å². The molecule has 0 amide bonds. The van der Waals surface area contributed by atoms with Gasteiger partial charge in [0.05, 0.1) is 24.5 Å². The molecule has 1 saturated heterocycles. The molecule has 0 aromatic carbocycles. The Bertz CT molecular complexity index is 698. The van der Waals surface area contributed by atoms with Crippen LogP contribution in [0.4, 0.5) is 4.39 Å². The fourth-order valence-corrected chi connectivity index (χ4v) is 3.25. The number of rotatable bonds is 6. The van der Waals surface area contributed by atoms with Crippen LogP contribution in [0.15, 0.2) is 46.1 Å². The Kier molecular flexibility index (Phi) is 6.60. The summed E-state index contributed by atoms with van der Waals surface area (Å²) >= 11 is 0. The van der Waals surface area contributed by atoms with Crippen molar-refractivity contribution in [2.75, 3.05) is 26.7 Å². The molecule has 1 fully saturated rings. The molecule has 3 rings (SSSR count). The minimum Gasteiger partial charge on any atom is -0.468 e. The van der Waals surface area contributed by atoms with Gasteiger partial charge in [0.1, 0.15) is 11.6 Å². The molecule has 1 unspecified atom stereocenters.